The molecule has 0 unspecified atom stereocenters. The summed E-state index contributed by atoms with van der Waals surface area (Å²) in [7, 11) is 0. The largest absolute Gasteiger partial charge is 0.478 e. The molecule has 0 aliphatic rings. The summed E-state index contributed by atoms with van der Waals surface area (Å²) in [6.07, 6.45) is 3.47. The second-order valence-corrected chi connectivity index (χ2v) is 5.17. The lowest BCUT2D eigenvalue weighted by Gasteiger charge is -2.11. The molecule has 3 aromatic rings. The van der Waals surface area contributed by atoms with Gasteiger partial charge in [-0.15, -0.1) is 0 Å². The molecule has 0 spiro atoms. The molecule has 0 bridgehead atoms. The molecule has 106 valence electrons. The Balaban J connectivity index is 2.31. The number of aromatic nitrogens is 3. The molecule has 2 heterocycles. The molecule has 5 heteroatoms. The molecular weight excluding hydrogens is 266 g/mol. The molecule has 5 nitrogen and oxygen atoms in total. The summed E-state index contributed by atoms with van der Waals surface area (Å²) >= 11 is 0. The average Bonchev–Trinajstić information content (AvgIpc) is 2.86. The van der Waals surface area contributed by atoms with Gasteiger partial charge in [-0.25, -0.2) is 9.78 Å². The topological polar surface area (TPSA) is 68.0 Å². The predicted octanol–water partition coefficient (Wildman–Crippen LogP) is 3.24. The van der Waals surface area contributed by atoms with Crippen molar-refractivity contribution < 1.29 is 9.90 Å². The van der Waals surface area contributed by atoms with E-state index < -0.39 is 5.97 Å². The van der Waals surface area contributed by atoms with Gasteiger partial charge in [-0.1, -0.05) is 13.8 Å². The smallest absolute Gasteiger partial charge is 0.335 e. The molecule has 3 rings (SSSR count). The van der Waals surface area contributed by atoms with Gasteiger partial charge in [0.2, 0.25) is 0 Å². The molecule has 0 aliphatic heterocycles. The zero-order valence-corrected chi connectivity index (χ0v) is 11.8. The van der Waals surface area contributed by atoms with Crippen molar-refractivity contribution in [3.63, 3.8) is 0 Å². The van der Waals surface area contributed by atoms with Gasteiger partial charge < -0.3 is 5.11 Å². The van der Waals surface area contributed by atoms with E-state index in [4.69, 9.17) is 5.11 Å². The van der Waals surface area contributed by atoms with Crippen molar-refractivity contribution in [1.29, 1.82) is 0 Å². The van der Waals surface area contributed by atoms with Crippen LogP contribution < -0.4 is 0 Å². The fourth-order valence-corrected chi connectivity index (χ4v) is 2.38. The molecule has 2 aromatic heterocycles. The minimum atomic E-state index is -0.943. The Morgan fingerprint density at radius 2 is 1.90 bits per heavy atom. The fourth-order valence-electron chi connectivity index (χ4n) is 2.38. The quantitative estimate of drug-likeness (QED) is 0.800. The summed E-state index contributed by atoms with van der Waals surface area (Å²) in [6, 6.07) is 8.85. The van der Waals surface area contributed by atoms with Crippen LogP contribution in [0.1, 0.15) is 35.9 Å². The number of hydrogen-bond acceptors (Lipinski definition) is 3. The third-order valence-corrected chi connectivity index (χ3v) is 3.36. The number of fused-ring (bicyclic) bond motifs is 1. The number of pyridine rings is 1. The molecule has 0 atom stereocenters. The maximum absolute atomic E-state index is 11.1. The molecule has 21 heavy (non-hydrogen) atoms. The number of nitrogens with zero attached hydrogens (tertiary/aromatic N) is 3. The van der Waals surface area contributed by atoms with Crippen molar-refractivity contribution in [3.8, 4) is 5.69 Å². The molecule has 0 aliphatic carbocycles. The monoisotopic (exact) mass is 281 g/mol. The van der Waals surface area contributed by atoms with E-state index >= 15 is 0 Å². The van der Waals surface area contributed by atoms with Crippen molar-refractivity contribution in [2.24, 2.45) is 0 Å². The van der Waals surface area contributed by atoms with Gasteiger partial charge in [0.05, 0.1) is 22.3 Å². The minimum absolute atomic E-state index is 0.221. The van der Waals surface area contributed by atoms with E-state index in [2.05, 4.69) is 23.8 Å². The highest BCUT2D eigenvalue weighted by Gasteiger charge is 2.16. The van der Waals surface area contributed by atoms with Gasteiger partial charge in [0.1, 0.15) is 5.82 Å². The van der Waals surface area contributed by atoms with Crippen LogP contribution in [0.25, 0.3) is 16.7 Å². The molecule has 0 amide bonds. The summed E-state index contributed by atoms with van der Waals surface area (Å²) in [6.45, 7) is 4.13. The summed E-state index contributed by atoms with van der Waals surface area (Å²) < 4.78 is 2.05. The highest BCUT2D eigenvalue weighted by atomic mass is 16.4. The molecular formula is C16H15N3O2. The minimum Gasteiger partial charge on any atom is -0.478 e. The van der Waals surface area contributed by atoms with Crippen LogP contribution in [0.15, 0.2) is 42.7 Å². The fraction of sp³-hybridized carbons (Fsp3) is 0.188. The van der Waals surface area contributed by atoms with E-state index in [1.165, 1.54) is 0 Å². The van der Waals surface area contributed by atoms with Crippen molar-refractivity contribution >= 4 is 17.0 Å². The van der Waals surface area contributed by atoms with E-state index in [1.807, 2.05) is 16.7 Å². The highest BCUT2D eigenvalue weighted by Crippen LogP contribution is 2.26. The van der Waals surface area contributed by atoms with E-state index in [1.54, 1.807) is 30.6 Å². The average molecular weight is 281 g/mol. The lowest BCUT2D eigenvalue weighted by molar-refractivity contribution is 0.0697. The zero-order chi connectivity index (χ0) is 15.0. The Hall–Kier alpha value is -2.69. The molecule has 0 fully saturated rings. The Morgan fingerprint density at radius 1 is 1.19 bits per heavy atom. The van der Waals surface area contributed by atoms with Crippen LogP contribution in [-0.4, -0.2) is 25.6 Å². The van der Waals surface area contributed by atoms with Crippen molar-refractivity contribution in [2.75, 3.05) is 0 Å². The predicted molar refractivity (Wildman–Crippen MR) is 79.9 cm³/mol. The number of rotatable bonds is 3. The van der Waals surface area contributed by atoms with Gasteiger partial charge >= 0.3 is 5.97 Å². The lowest BCUT2D eigenvalue weighted by Crippen LogP contribution is -2.03. The van der Waals surface area contributed by atoms with Crippen LogP contribution in [-0.2, 0) is 0 Å². The van der Waals surface area contributed by atoms with Crippen LogP contribution in [0.4, 0.5) is 0 Å². The summed E-state index contributed by atoms with van der Waals surface area (Å²) in [5.74, 6) is 0.180. The molecule has 0 radical (unpaired) electrons. The van der Waals surface area contributed by atoms with Crippen LogP contribution in [0, 0.1) is 0 Å². The van der Waals surface area contributed by atoms with Gasteiger partial charge in [-0.05, 0) is 30.3 Å². The summed E-state index contributed by atoms with van der Waals surface area (Å²) in [4.78, 5) is 19.7. The third kappa shape index (κ3) is 2.27. The van der Waals surface area contributed by atoms with Crippen LogP contribution >= 0.6 is 0 Å². The van der Waals surface area contributed by atoms with Crippen LogP contribution in [0.3, 0.4) is 0 Å². The lowest BCUT2D eigenvalue weighted by atomic mass is 10.2. The number of carboxylic acid groups (broad SMARTS) is 1. The molecule has 1 N–H and O–H groups in total. The van der Waals surface area contributed by atoms with Gasteiger partial charge in [0.25, 0.3) is 0 Å². The number of hydrogen-bond donors (Lipinski definition) is 1. The SMILES string of the molecule is CC(C)c1nc2cc(C(=O)O)ccc2n1-c1ccncc1. The Labute approximate surface area is 121 Å². The van der Waals surface area contributed by atoms with Crippen LogP contribution in [0.5, 0.6) is 0 Å². The second-order valence-electron chi connectivity index (χ2n) is 5.17. The first kappa shape index (κ1) is 13.3. The number of carbonyl (C=O) groups is 1. The number of aromatic carboxylic acids is 1. The number of carboxylic acids is 1. The van der Waals surface area contributed by atoms with Gasteiger partial charge in [0, 0.05) is 18.3 Å². The van der Waals surface area contributed by atoms with Crippen molar-refractivity contribution in [3.05, 3.63) is 54.1 Å². The maximum Gasteiger partial charge on any atom is 0.335 e. The normalized spacial score (nSPS) is 11.2. The second kappa shape index (κ2) is 5.01. The first-order chi connectivity index (χ1) is 10.1. The first-order valence-electron chi connectivity index (χ1n) is 6.74. The number of imidazole rings is 1. The zero-order valence-electron chi connectivity index (χ0n) is 11.8. The summed E-state index contributed by atoms with van der Waals surface area (Å²) in [5, 5.41) is 9.10. The Kier molecular flexibility index (Phi) is 3.17. The van der Waals surface area contributed by atoms with Gasteiger partial charge in [-0.3, -0.25) is 9.55 Å². The Bertz CT molecular complexity index is 807. The van der Waals surface area contributed by atoms with E-state index in [-0.39, 0.29) is 11.5 Å². The van der Waals surface area contributed by atoms with Crippen LogP contribution in [0.2, 0.25) is 0 Å². The highest BCUT2D eigenvalue weighted by molar-refractivity contribution is 5.92. The van der Waals surface area contributed by atoms with E-state index in [0.717, 1.165) is 17.0 Å². The van der Waals surface area contributed by atoms with Gasteiger partial charge in [0.15, 0.2) is 0 Å². The maximum atomic E-state index is 11.1. The van der Waals surface area contributed by atoms with Gasteiger partial charge in [-0.2, -0.15) is 0 Å². The molecule has 0 saturated carbocycles. The third-order valence-electron chi connectivity index (χ3n) is 3.36. The summed E-state index contributed by atoms with van der Waals surface area (Å²) in [5.41, 5.74) is 2.81. The Morgan fingerprint density at radius 3 is 2.52 bits per heavy atom. The standard InChI is InChI=1S/C16H15N3O2/c1-10(2)15-18-13-9-11(16(20)21)3-4-14(13)19(15)12-5-7-17-8-6-12/h3-10H,1-2H3,(H,20,21). The number of benzene rings is 1. The van der Waals surface area contributed by atoms with E-state index in [9.17, 15) is 4.79 Å². The van der Waals surface area contributed by atoms with E-state index in [0.29, 0.717) is 5.52 Å². The molecule has 1 aromatic carbocycles. The first-order valence-corrected chi connectivity index (χ1v) is 6.74. The molecule has 0 saturated heterocycles. The van der Waals surface area contributed by atoms with Crippen molar-refractivity contribution in [2.45, 2.75) is 19.8 Å². The van der Waals surface area contributed by atoms with Crippen molar-refractivity contribution in [1.82, 2.24) is 14.5 Å².